The molecule has 1 aliphatic heterocycles. The summed E-state index contributed by atoms with van der Waals surface area (Å²) in [4.78, 5) is 18.9. The molecule has 0 saturated heterocycles. The first-order chi connectivity index (χ1) is 15.0. The molecule has 31 heavy (non-hydrogen) atoms. The maximum absolute atomic E-state index is 13.2. The number of para-hydroxylation sites is 1. The van der Waals surface area contributed by atoms with Gasteiger partial charge in [0.2, 0.25) is 5.91 Å². The number of rotatable bonds is 12. The molecular weight excluding hydrogens is 382 g/mol. The van der Waals surface area contributed by atoms with Crippen LogP contribution in [0.4, 0.5) is 0 Å². The summed E-state index contributed by atoms with van der Waals surface area (Å²) < 4.78 is 0. The SMILES string of the molecule is CCCCCCCCCCCC(=O)N1CCc2c([nH]c3ccccc23)C1C(N)C(C)C. The zero-order chi connectivity index (χ0) is 22.2. The van der Waals surface area contributed by atoms with Crippen molar-refractivity contribution in [3.05, 3.63) is 35.5 Å². The summed E-state index contributed by atoms with van der Waals surface area (Å²) in [6.07, 6.45) is 13.0. The molecular formula is C27H43N3O. The number of hydrogen-bond donors (Lipinski definition) is 2. The Morgan fingerprint density at radius 2 is 1.71 bits per heavy atom. The second-order valence-electron chi connectivity index (χ2n) is 9.74. The maximum atomic E-state index is 13.2. The molecule has 172 valence electrons. The Labute approximate surface area is 189 Å². The third-order valence-electron chi connectivity index (χ3n) is 7.03. The first kappa shape index (κ1) is 23.8. The second-order valence-corrected chi connectivity index (χ2v) is 9.74. The van der Waals surface area contributed by atoms with Crippen molar-refractivity contribution < 1.29 is 4.79 Å². The lowest BCUT2D eigenvalue weighted by molar-refractivity contribution is -0.135. The number of aromatic nitrogens is 1. The molecule has 2 heterocycles. The number of unbranched alkanes of at least 4 members (excludes halogenated alkanes) is 8. The molecule has 0 radical (unpaired) electrons. The first-order valence-corrected chi connectivity index (χ1v) is 12.7. The van der Waals surface area contributed by atoms with Gasteiger partial charge in [0.15, 0.2) is 0 Å². The molecule has 2 unspecified atom stereocenters. The molecule has 0 aliphatic carbocycles. The van der Waals surface area contributed by atoms with Gasteiger partial charge >= 0.3 is 0 Å². The average Bonchev–Trinajstić information content (AvgIpc) is 3.15. The summed E-state index contributed by atoms with van der Waals surface area (Å²) >= 11 is 0. The van der Waals surface area contributed by atoms with Crippen molar-refractivity contribution in [3.8, 4) is 0 Å². The van der Waals surface area contributed by atoms with Gasteiger partial charge in [0.05, 0.1) is 6.04 Å². The molecule has 3 rings (SSSR count). The van der Waals surface area contributed by atoms with Crippen LogP contribution in [-0.2, 0) is 11.2 Å². The summed E-state index contributed by atoms with van der Waals surface area (Å²) in [5.41, 5.74) is 10.4. The number of amides is 1. The summed E-state index contributed by atoms with van der Waals surface area (Å²) in [5.74, 6) is 0.582. The molecule has 4 nitrogen and oxygen atoms in total. The minimum absolute atomic E-state index is 0.0535. The summed E-state index contributed by atoms with van der Waals surface area (Å²) in [6, 6.07) is 8.34. The number of aromatic amines is 1. The van der Waals surface area contributed by atoms with Crippen LogP contribution in [0.2, 0.25) is 0 Å². The monoisotopic (exact) mass is 425 g/mol. The smallest absolute Gasteiger partial charge is 0.223 e. The van der Waals surface area contributed by atoms with Crippen LogP contribution >= 0.6 is 0 Å². The van der Waals surface area contributed by atoms with Crippen molar-refractivity contribution >= 4 is 16.8 Å². The largest absolute Gasteiger partial charge is 0.356 e. The predicted octanol–water partition coefficient (Wildman–Crippen LogP) is 6.50. The lowest BCUT2D eigenvalue weighted by atomic mass is 9.87. The highest BCUT2D eigenvalue weighted by Gasteiger charge is 2.37. The first-order valence-electron chi connectivity index (χ1n) is 12.7. The molecule has 0 saturated carbocycles. The van der Waals surface area contributed by atoms with Gasteiger partial charge in [-0.25, -0.2) is 0 Å². The standard InChI is InChI=1S/C27H43N3O/c1-4-5-6-7-8-9-10-11-12-17-24(31)30-19-18-22-21-15-13-14-16-23(21)29-26(22)27(30)25(28)20(2)3/h13-16,20,25,27,29H,4-12,17-19,28H2,1-3H3. The third kappa shape index (κ3) is 5.91. The van der Waals surface area contributed by atoms with E-state index in [2.05, 4.69) is 54.9 Å². The maximum Gasteiger partial charge on any atom is 0.223 e. The molecule has 2 atom stereocenters. The van der Waals surface area contributed by atoms with E-state index in [-0.39, 0.29) is 18.0 Å². The second kappa shape index (κ2) is 11.7. The highest BCUT2D eigenvalue weighted by atomic mass is 16.2. The highest BCUT2D eigenvalue weighted by molar-refractivity contribution is 5.86. The number of hydrogen-bond acceptors (Lipinski definition) is 2. The molecule has 0 bridgehead atoms. The van der Waals surface area contributed by atoms with Crippen LogP contribution in [0, 0.1) is 5.92 Å². The van der Waals surface area contributed by atoms with E-state index in [9.17, 15) is 4.79 Å². The van der Waals surface area contributed by atoms with Crippen LogP contribution in [-0.4, -0.2) is 28.4 Å². The molecule has 2 aromatic rings. The van der Waals surface area contributed by atoms with Gasteiger partial charge in [-0.3, -0.25) is 4.79 Å². The molecule has 0 fully saturated rings. The van der Waals surface area contributed by atoms with E-state index in [1.165, 1.54) is 55.9 Å². The molecule has 3 N–H and O–H groups in total. The van der Waals surface area contributed by atoms with Crippen LogP contribution < -0.4 is 5.73 Å². The van der Waals surface area contributed by atoms with Gasteiger partial charge in [0.1, 0.15) is 0 Å². The number of fused-ring (bicyclic) bond motifs is 3. The number of nitrogens with zero attached hydrogens (tertiary/aromatic N) is 1. The number of carbonyl (C=O) groups excluding carboxylic acids is 1. The molecule has 4 heteroatoms. The fourth-order valence-electron chi connectivity index (χ4n) is 5.04. The van der Waals surface area contributed by atoms with Crippen LogP contribution in [0.25, 0.3) is 10.9 Å². The van der Waals surface area contributed by atoms with Gasteiger partial charge in [0.25, 0.3) is 0 Å². The summed E-state index contributed by atoms with van der Waals surface area (Å²) in [7, 11) is 0. The van der Waals surface area contributed by atoms with Crippen LogP contribution in [0.5, 0.6) is 0 Å². The molecule has 1 aliphatic rings. The number of benzene rings is 1. The lowest BCUT2D eigenvalue weighted by Crippen LogP contribution is -2.49. The Morgan fingerprint density at radius 1 is 1.06 bits per heavy atom. The summed E-state index contributed by atoms with van der Waals surface area (Å²) in [6.45, 7) is 7.35. The van der Waals surface area contributed by atoms with Crippen molar-refractivity contribution in [2.75, 3.05) is 6.54 Å². The number of H-pyrrole nitrogens is 1. The number of carbonyl (C=O) groups is 1. The highest BCUT2D eigenvalue weighted by Crippen LogP contribution is 2.37. The Morgan fingerprint density at radius 3 is 2.39 bits per heavy atom. The van der Waals surface area contributed by atoms with Crippen molar-refractivity contribution in [1.29, 1.82) is 0 Å². The van der Waals surface area contributed by atoms with Crippen LogP contribution in [0.15, 0.2) is 24.3 Å². The zero-order valence-electron chi connectivity index (χ0n) is 20.0. The van der Waals surface area contributed by atoms with E-state index in [0.29, 0.717) is 12.3 Å². The van der Waals surface area contributed by atoms with Crippen molar-refractivity contribution in [1.82, 2.24) is 9.88 Å². The van der Waals surface area contributed by atoms with E-state index >= 15 is 0 Å². The fraction of sp³-hybridized carbons (Fsp3) is 0.667. The molecule has 0 spiro atoms. The topological polar surface area (TPSA) is 62.1 Å². The van der Waals surface area contributed by atoms with Crippen molar-refractivity contribution in [2.45, 2.75) is 103 Å². The number of nitrogens with two attached hydrogens (primary N) is 1. The van der Waals surface area contributed by atoms with Gasteiger partial charge in [0, 0.05) is 35.6 Å². The molecule has 1 amide bonds. The van der Waals surface area contributed by atoms with E-state index in [4.69, 9.17) is 5.73 Å². The van der Waals surface area contributed by atoms with E-state index < -0.39 is 0 Å². The quantitative estimate of drug-likeness (QED) is 0.381. The Balaban J connectivity index is 1.59. The van der Waals surface area contributed by atoms with Gasteiger partial charge in [-0.15, -0.1) is 0 Å². The van der Waals surface area contributed by atoms with Crippen LogP contribution in [0.1, 0.15) is 102 Å². The van der Waals surface area contributed by atoms with Gasteiger partial charge in [-0.05, 0) is 30.4 Å². The molecule has 1 aromatic heterocycles. The van der Waals surface area contributed by atoms with E-state index in [0.717, 1.165) is 37.0 Å². The predicted molar refractivity (Wildman–Crippen MR) is 131 cm³/mol. The summed E-state index contributed by atoms with van der Waals surface area (Å²) in [5, 5.41) is 1.28. The van der Waals surface area contributed by atoms with Gasteiger partial charge in [-0.1, -0.05) is 90.3 Å². The van der Waals surface area contributed by atoms with Crippen molar-refractivity contribution in [2.24, 2.45) is 11.7 Å². The van der Waals surface area contributed by atoms with Gasteiger partial charge in [-0.2, -0.15) is 0 Å². The zero-order valence-corrected chi connectivity index (χ0v) is 20.0. The van der Waals surface area contributed by atoms with Gasteiger partial charge < -0.3 is 15.6 Å². The van der Waals surface area contributed by atoms with E-state index in [1.54, 1.807) is 0 Å². The molecule has 1 aromatic carbocycles. The Hall–Kier alpha value is -1.81. The Kier molecular flexibility index (Phi) is 9.01. The minimum Gasteiger partial charge on any atom is -0.356 e. The minimum atomic E-state index is -0.0702. The average molecular weight is 426 g/mol. The fourth-order valence-corrected chi connectivity index (χ4v) is 5.04. The van der Waals surface area contributed by atoms with Crippen LogP contribution in [0.3, 0.4) is 0 Å². The third-order valence-corrected chi connectivity index (χ3v) is 7.03. The number of nitrogens with one attached hydrogen (secondary N) is 1. The Bertz CT molecular complexity index is 825. The lowest BCUT2D eigenvalue weighted by Gasteiger charge is -2.40. The normalized spacial score (nSPS) is 17.3. The van der Waals surface area contributed by atoms with E-state index in [1.807, 2.05) is 0 Å². The van der Waals surface area contributed by atoms with Crippen molar-refractivity contribution in [3.63, 3.8) is 0 Å².